The number of aliphatic hydroxyl groups excluding tert-OH is 1. The molecule has 2 rings (SSSR count). The Kier molecular flexibility index (Phi) is 4.82. The first kappa shape index (κ1) is 14.6. The number of rotatable bonds is 5. The summed E-state index contributed by atoms with van der Waals surface area (Å²) < 4.78 is 10.9. The van der Waals surface area contributed by atoms with Gasteiger partial charge in [-0.25, -0.2) is 0 Å². The lowest BCUT2D eigenvalue weighted by atomic mass is 10.1. The molecule has 0 aliphatic carbocycles. The van der Waals surface area contributed by atoms with Crippen LogP contribution < -0.4 is 9.47 Å². The zero-order valence-electron chi connectivity index (χ0n) is 11.3. The summed E-state index contributed by atoms with van der Waals surface area (Å²) in [5.74, 6) is 1.13. The second kappa shape index (κ2) is 6.59. The first-order valence-electron chi connectivity index (χ1n) is 6.21. The molecule has 1 heterocycles. The molecule has 4 nitrogen and oxygen atoms in total. The van der Waals surface area contributed by atoms with Gasteiger partial charge in [-0.05, 0) is 37.3 Å². The van der Waals surface area contributed by atoms with E-state index in [2.05, 4.69) is 4.98 Å². The average Bonchev–Trinajstić information content (AvgIpc) is 2.46. The summed E-state index contributed by atoms with van der Waals surface area (Å²) in [6.45, 7) is 1.76. The number of hydrogen-bond donors (Lipinski definition) is 1. The Balaban J connectivity index is 2.14. The van der Waals surface area contributed by atoms with Gasteiger partial charge >= 0.3 is 0 Å². The summed E-state index contributed by atoms with van der Waals surface area (Å²) in [4.78, 5) is 4.15. The van der Waals surface area contributed by atoms with Crippen LogP contribution in [0.4, 0.5) is 0 Å². The number of pyridine rings is 1. The summed E-state index contributed by atoms with van der Waals surface area (Å²) in [6.07, 6.45) is 0.218. The van der Waals surface area contributed by atoms with Crippen molar-refractivity contribution in [2.75, 3.05) is 7.11 Å². The molecule has 0 fully saturated rings. The molecule has 1 aromatic heterocycles. The molecule has 0 saturated carbocycles. The van der Waals surface area contributed by atoms with E-state index in [1.165, 1.54) is 7.11 Å². The molecular weight excluding hydrogens is 278 g/mol. The van der Waals surface area contributed by atoms with Gasteiger partial charge in [-0.3, -0.25) is 4.98 Å². The molecule has 0 radical (unpaired) electrons. The number of benzene rings is 1. The number of nitrogens with zero attached hydrogens (tertiary/aromatic N) is 1. The average molecular weight is 294 g/mol. The number of aromatic nitrogens is 1. The number of methoxy groups -OCH3 is 1. The van der Waals surface area contributed by atoms with Gasteiger partial charge in [-0.1, -0.05) is 17.7 Å². The molecule has 0 aliphatic heterocycles. The maximum atomic E-state index is 10.3. The predicted octanol–water partition coefficient (Wildman–Crippen LogP) is 3.24. The van der Waals surface area contributed by atoms with Gasteiger partial charge in [0.05, 0.1) is 7.11 Å². The number of aliphatic hydroxyl groups is 1. The van der Waals surface area contributed by atoms with E-state index < -0.39 is 12.2 Å². The van der Waals surface area contributed by atoms with Crippen molar-refractivity contribution in [3.63, 3.8) is 0 Å². The third-order valence-corrected chi connectivity index (χ3v) is 3.10. The molecule has 20 heavy (non-hydrogen) atoms. The van der Waals surface area contributed by atoms with Crippen LogP contribution in [0.2, 0.25) is 5.02 Å². The van der Waals surface area contributed by atoms with Gasteiger partial charge in [0.1, 0.15) is 29.4 Å². The highest BCUT2D eigenvalue weighted by Gasteiger charge is 2.22. The van der Waals surface area contributed by atoms with E-state index in [1.54, 1.807) is 49.5 Å². The van der Waals surface area contributed by atoms with Crippen molar-refractivity contribution in [1.82, 2.24) is 4.98 Å². The maximum absolute atomic E-state index is 10.3. The highest BCUT2D eigenvalue weighted by atomic mass is 35.5. The Morgan fingerprint density at radius 3 is 2.75 bits per heavy atom. The minimum absolute atomic E-state index is 0.449. The molecule has 2 unspecified atom stereocenters. The summed E-state index contributed by atoms with van der Waals surface area (Å²) in [7, 11) is 1.54. The van der Waals surface area contributed by atoms with Crippen LogP contribution >= 0.6 is 11.6 Å². The Bertz CT molecular complexity index is 577. The Morgan fingerprint density at radius 2 is 2.05 bits per heavy atom. The van der Waals surface area contributed by atoms with Crippen molar-refractivity contribution >= 4 is 11.6 Å². The largest absolute Gasteiger partial charge is 0.495 e. The number of hydrogen-bond acceptors (Lipinski definition) is 4. The first-order valence-corrected chi connectivity index (χ1v) is 6.59. The van der Waals surface area contributed by atoms with E-state index in [9.17, 15) is 5.11 Å². The van der Waals surface area contributed by atoms with E-state index in [1.807, 2.05) is 0 Å². The molecule has 0 amide bonds. The van der Waals surface area contributed by atoms with E-state index >= 15 is 0 Å². The standard InChI is InChI=1S/C15H16ClNO3/c1-10(20-12-6-3-5-11(16)9-12)15(18)14-13(19-2)7-4-8-17-14/h3-10,15,18H,1-2H3. The molecule has 0 bridgehead atoms. The second-order valence-electron chi connectivity index (χ2n) is 4.32. The summed E-state index contributed by atoms with van der Waals surface area (Å²) in [5.41, 5.74) is 0.449. The lowest BCUT2D eigenvalue weighted by molar-refractivity contribution is 0.0421. The van der Waals surface area contributed by atoms with Crippen LogP contribution in [0.3, 0.4) is 0 Å². The molecule has 2 atom stereocenters. The third-order valence-electron chi connectivity index (χ3n) is 2.86. The van der Waals surface area contributed by atoms with E-state index in [0.29, 0.717) is 22.2 Å². The molecule has 0 spiro atoms. The Labute approximate surface area is 122 Å². The minimum atomic E-state index is -0.898. The molecule has 1 N–H and O–H groups in total. The van der Waals surface area contributed by atoms with Crippen molar-refractivity contribution in [2.24, 2.45) is 0 Å². The molecule has 0 aliphatic rings. The van der Waals surface area contributed by atoms with Gasteiger partial charge in [0, 0.05) is 11.2 Å². The van der Waals surface area contributed by atoms with Gasteiger partial charge in [-0.2, -0.15) is 0 Å². The van der Waals surface area contributed by atoms with Crippen molar-refractivity contribution in [2.45, 2.75) is 19.1 Å². The highest BCUT2D eigenvalue weighted by molar-refractivity contribution is 6.30. The van der Waals surface area contributed by atoms with Crippen molar-refractivity contribution in [3.05, 3.63) is 53.3 Å². The van der Waals surface area contributed by atoms with E-state index in [-0.39, 0.29) is 0 Å². The number of ether oxygens (including phenoxy) is 2. The number of halogens is 1. The van der Waals surface area contributed by atoms with Crippen molar-refractivity contribution in [1.29, 1.82) is 0 Å². The smallest absolute Gasteiger partial charge is 0.143 e. The van der Waals surface area contributed by atoms with Gasteiger partial charge in [0.2, 0.25) is 0 Å². The van der Waals surface area contributed by atoms with Gasteiger partial charge < -0.3 is 14.6 Å². The maximum Gasteiger partial charge on any atom is 0.143 e. The fraction of sp³-hybridized carbons (Fsp3) is 0.267. The van der Waals surface area contributed by atoms with Crippen LogP contribution in [-0.2, 0) is 0 Å². The Morgan fingerprint density at radius 1 is 1.25 bits per heavy atom. The van der Waals surface area contributed by atoms with Crippen molar-refractivity contribution < 1.29 is 14.6 Å². The normalized spacial score (nSPS) is 13.6. The van der Waals surface area contributed by atoms with Crippen LogP contribution in [-0.4, -0.2) is 23.3 Å². The fourth-order valence-electron chi connectivity index (χ4n) is 1.84. The third kappa shape index (κ3) is 3.40. The molecule has 106 valence electrons. The van der Waals surface area contributed by atoms with Crippen LogP contribution in [0.25, 0.3) is 0 Å². The van der Waals surface area contributed by atoms with E-state index in [4.69, 9.17) is 21.1 Å². The van der Waals surface area contributed by atoms with Crippen molar-refractivity contribution in [3.8, 4) is 11.5 Å². The SMILES string of the molecule is COc1cccnc1C(O)C(C)Oc1cccc(Cl)c1. The summed E-state index contributed by atoms with van der Waals surface area (Å²) in [5, 5.41) is 10.9. The molecular formula is C15H16ClNO3. The van der Waals surface area contributed by atoms with Crippen LogP contribution in [0.1, 0.15) is 18.7 Å². The molecule has 2 aromatic rings. The molecule has 1 aromatic carbocycles. The highest BCUT2D eigenvalue weighted by Crippen LogP contribution is 2.27. The lowest BCUT2D eigenvalue weighted by Crippen LogP contribution is -2.23. The van der Waals surface area contributed by atoms with E-state index in [0.717, 1.165) is 0 Å². The topological polar surface area (TPSA) is 51.6 Å². The van der Waals surface area contributed by atoms with Gasteiger partial charge in [-0.15, -0.1) is 0 Å². The van der Waals surface area contributed by atoms with Gasteiger partial charge in [0.25, 0.3) is 0 Å². The van der Waals surface area contributed by atoms with Crippen LogP contribution in [0, 0.1) is 0 Å². The zero-order chi connectivity index (χ0) is 14.5. The minimum Gasteiger partial charge on any atom is -0.495 e. The second-order valence-corrected chi connectivity index (χ2v) is 4.75. The van der Waals surface area contributed by atoms with Crippen LogP contribution in [0.15, 0.2) is 42.6 Å². The zero-order valence-corrected chi connectivity index (χ0v) is 12.0. The lowest BCUT2D eigenvalue weighted by Gasteiger charge is -2.21. The summed E-state index contributed by atoms with van der Waals surface area (Å²) >= 11 is 5.90. The molecule has 5 heteroatoms. The monoisotopic (exact) mass is 293 g/mol. The Hall–Kier alpha value is -1.78. The summed E-state index contributed by atoms with van der Waals surface area (Å²) in [6, 6.07) is 10.5. The first-order chi connectivity index (χ1) is 9.61. The van der Waals surface area contributed by atoms with Crippen LogP contribution in [0.5, 0.6) is 11.5 Å². The predicted molar refractivity (Wildman–Crippen MR) is 77.3 cm³/mol. The molecule has 0 saturated heterocycles. The fourth-order valence-corrected chi connectivity index (χ4v) is 2.02. The quantitative estimate of drug-likeness (QED) is 0.919. The van der Waals surface area contributed by atoms with Gasteiger partial charge in [0.15, 0.2) is 0 Å².